The van der Waals surface area contributed by atoms with Gasteiger partial charge in [-0.2, -0.15) is 13.2 Å². The Kier molecular flexibility index (Phi) is 3.75. The van der Waals surface area contributed by atoms with Gasteiger partial charge in [-0.1, -0.05) is 21.1 Å². The van der Waals surface area contributed by atoms with Crippen molar-refractivity contribution < 1.29 is 13.2 Å². The van der Waals surface area contributed by atoms with E-state index in [1.165, 1.54) is 4.68 Å². The highest BCUT2D eigenvalue weighted by molar-refractivity contribution is 9.10. The maximum atomic E-state index is 12.8. The monoisotopic (exact) mass is 360 g/mol. The van der Waals surface area contributed by atoms with Gasteiger partial charge in [0.25, 0.3) is 0 Å². The summed E-state index contributed by atoms with van der Waals surface area (Å²) < 4.78 is 40.1. The molecule has 0 radical (unpaired) electrons. The largest absolute Gasteiger partial charge is 0.416 e. The Hall–Kier alpha value is -1.41. The van der Waals surface area contributed by atoms with Crippen molar-refractivity contribution in [1.29, 1.82) is 0 Å². The van der Waals surface area contributed by atoms with Crippen LogP contribution in [0.1, 0.15) is 24.1 Å². The minimum absolute atomic E-state index is 0.321. The molecule has 0 bridgehead atoms. The van der Waals surface area contributed by atoms with Crippen LogP contribution in [-0.2, 0) is 12.7 Å². The number of nitrogens with one attached hydrogen (secondary N) is 1. The number of hydrogen-bond acceptors (Lipinski definition) is 3. The van der Waals surface area contributed by atoms with Gasteiger partial charge >= 0.3 is 6.18 Å². The van der Waals surface area contributed by atoms with Gasteiger partial charge in [0, 0.05) is 17.1 Å². The molecule has 0 atom stereocenters. The molecule has 1 aromatic heterocycles. The van der Waals surface area contributed by atoms with E-state index in [-0.39, 0.29) is 0 Å². The summed E-state index contributed by atoms with van der Waals surface area (Å²) in [5.74, 6) is 0. The van der Waals surface area contributed by atoms with Crippen LogP contribution in [-0.4, -0.2) is 21.0 Å². The molecule has 0 spiro atoms. The number of benzene rings is 1. The van der Waals surface area contributed by atoms with Crippen LogP contribution in [0.2, 0.25) is 0 Å². The lowest BCUT2D eigenvalue weighted by atomic mass is 10.2. The van der Waals surface area contributed by atoms with E-state index in [0.29, 0.717) is 28.4 Å². The Morgan fingerprint density at radius 1 is 1.29 bits per heavy atom. The van der Waals surface area contributed by atoms with Crippen molar-refractivity contribution in [1.82, 2.24) is 20.3 Å². The van der Waals surface area contributed by atoms with Crippen molar-refractivity contribution in [3.8, 4) is 5.69 Å². The molecule has 0 unspecified atom stereocenters. The predicted octanol–water partition coefficient (Wildman–Crippen LogP) is 3.30. The van der Waals surface area contributed by atoms with E-state index in [1.807, 2.05) is 0 Å². The maximum Gasteiger partial charge on any atom is 0.416 e. The van der Waals surface area contributed by atoms with Crippen LogP contribution < -0.4 is 5.32 Å². The summed E-state index contributed by atoms with van der Waals surface area (Å²) >= 11 is 3.09. The standard InChI is InChI=1S/C13H12BrF3N4/c14-9-3-8(13(15,16)17)4-12(5-9)21-7-11(19-20-21)6-18-10-1-2-10/h3-5,7,10,18H,1-2,6H2. The number of halogens is 4. The van der Waals surface area contributed by atoms with Crippen LogP contribution in [0, 0.1) is 0 Å². The average Bonchev–Trinajstić information content (AvgIpc) is 3.11. The van der Waals surface area contributed by atoms with E-state index >= 15 is 0 Å². The fourth-order valence-electron chi connectivity index (χ4n) is 1.91. The van der Waals surface area contributed by atoms with Gasteiger partial charge in [-0.15, -0.1) is 5.10 Å². The van der Waals surface area contributed by atoms with Crippen LogP contribution >= 0.6 is 15.9 Å². The van der Waals surface area contributed by atoms with Gasteiger partial charge in [0.15, 0.2) is 0 Å². The fraction of sp³-hybridized carbons (Fsp3) is 0.385. The molecule has 2 aromatic rings. The summed E-state index contributed by atoms with van der Waals surface area (Å²) in [6.07, 6.45) is -0.434. The van der Waals surface area contributed by atoms with Crippen LogP contribution in [0.4, 0.5) is 13.2 Å². The number of alkyl halides is 3. The summed E-state index contributed by atoms with van der Waals surface area (Å²) in [4.78, 5) is 0. The second-order valence-electron chi connectivity index (χ2n) is 5.01. The predicted molar refractivity (Wildman–Crippen MR) is 73.9 cm³/mol. The minimum Gasteiger partial charge on any atom is -0.308 e. The van der Waals surface area contributed by atoms with Gasteiger partial charge in [0.1, 0.15) is 0 Å². The highest BCUT2D eigenvalue weighted by Crippen LogP contribution is 2.32. The summed E-state index contributed by atoms with van der Waals surface area (Å²) in [5.41, 5.74) is 0.303. The summed E-state index contributed by atoms with van der Waals surface area (Å²) in [5, 5.41) is 11.1. The van der Waals surface area contributed by atoms with Gasteiger partial charge in [-0.05, 0) is 31.0 Å². The molecule has 3 rings (SSSR count). The number of hydrogen-bond donors (Lipinski definition) is 1. The molecule has 1 fully saturated rings. The third-order valence-corrected chi connectivity index (χ3v) is 3.62. The van der Waals surface area contributed by atoms with Gasteiger partial charge in [0.2, 0.25) is 0 Å². The first-order valence-electron chi connectivity index (χ1n) is 6.44. The van der Waals surface area contributed by atoms with Gasteiger partial charge in [-0.25, -0.2) is 4.68 Å². The smallest absolute Gasteiger partial charge is 0.308 e. The Labute approximate surface area is 127 Å². The molecule has 1 saturated carbocycles. The Balaban J connectivity index is 1.83. The summed E-state index contributed by atoms with van der Waals surface area (Å²) in [6.45, 7) is 0.574. The minimum atomic E-state index is -4.39. The van der Waals surface area contributed by atoms with E-state index in [2.05, 4.69) is 31.6 Å². The molecular formula is C13H12BrF3N4. The van der Waals surface area contributed by atoms with Gasteiger partial charge in [-0.3, -0.25) is 0 Å². The Morgan fingerprint density at radius 2 is 2.05 bits per heavy atom. The van der Waals surface area contributed by atoms with Gasteiger partial charge < -0.3 is 5.32 Å². The van der Waals surface area contributed by atoms with Crippen molar-refractivity contribution in [3.05, 3.63) is 40.1 Å². The lowest BCUT2D eigenvalue weighted by Crippen LogP contribution is -2.15. The summed E-state index contributed by atoms with van der Waals surface area (Å²) in [7, 11) is 0. The highest BCUT2D eigenvalue weighted by atomic mass is 79.9. The van der Waals surface area contributed by atoms with Crippen molar-refractivity contribution in [2.75, 3.05) is 0 Å². The molecule has 1 aliphatic rings. The van der Waals surface area contributed by atoms with Crippen molar-refractivity contribution in [3.63, 3.8) is 0 Å². The first-order valence-corrected chi connectivity index (χ1v) is 7.24. The van der Waals surface area contributed by atoms with E-state index < -0.39 is 11.7 Å². The number of aromatic nitrogens is 3. The van der Waals surface area contributed by atoms with Crippen LogP contribution in [0.5, 0.6) is 0 Å². The van der Waals surface area contributed by atoms with E-state index in [4.69, 9.17) is 0 Å². The lowest BCUT2D eigenvalue weighted by Gasteiger charge is -2.09. The van der Waals surface area contributed by atoms with E-state index in [0.717, 1.165) is 25.0 Å². The SMILES string of the molecule is FC(F)(F)c1cc(Br)cc(-n2cc(CNC3CC3)nn2)c1. The summed E-state index contributed by atoms with van der Waals surface area (Å²) in [6, 6.07) is 4.20. The Bertz CT molecular complexity index is 649. The number of rotatable bonds is 4. The molecule has 1 heterocycles. The highest BCUT2D eigenvalue weighted by Gasteiger charge is 2.31. The topological polar surface area (TPSA) is 42.7 Å². The molecule has 8 heteroatoms. The third-order valence-electron chi connectivity index (χ3n) is 3.16. The quantitative estimate of drug-likeness (QED) is 0.909. The molecule has 4 nitrogen and oxygen atoms in total. The number of nitrogens with zero attached hydrogens (tertiary/aromatic N) is 3. The third kappa shape index (κ3) is 3.62. The molecule has 1 aromatic carbocycles. The molecule has 0 amide bonds. The zero-order valence-corrected chi connectivity index (χ0v) is 12.4. The second kappa shape index (κ2) is 5.42. The molecule has 1 aliphatic carbocycles. The van der Waals surface area contributed by atoms with Crippen molar-refractivity contribution >= 4 is 15.9 Å². The maximum absolute atomic E-state index is 12.8. The zero-order chi connectivity index (χ0) is 15.0. The second-order valence-corrected chi connectivity index (χ2v) is 5.92. The molecule has 112 valence electrons. The molecule has 1 N–H and O–H groups in total. The van der Waals surface area contributed by atoms with Crippen molar-refractivity contribution in [2.45, 2.75) is 31.6 Å². The normalized spacial score (nSPS) is 15.4. The first-order chi connectivity index (χ1) is 9.91. The van der Waals surface area contributed by atoms with Crippen molar-refractivity contribution in [2.24, 2.45) is 0 Å². The molecule has 0 saturated heterocycles. The molecule has 21 heavy (non-hydrogen) atoms. The van der Waals surface area contributed by atoms with E-state index in [1.54, 1.807) is 12.3 Å². The molecule has 0 aliphatic heterocycles. The first kappa shape index (κ1) is 14.5. The van der Waals surface area contributed by atoms with Gasteiger partial charge in [0.05, 0.1) is 23.1 Å². The van der Waals surface area contributed by atoms with Crippen LogP contribution in [0.25, 0.3) is 5.69 Å². The zero-order valence-electron chi connectivity index (χ0n) is 10.9. The lowest BCUT2D eigenvalue weighted by molar-refractivity contribution is -0.137. The average molecular weight is 361 g/mol. The Morgan fingerprint density at radius 3 is 2.71 bits per heavy atom. The van der Waals surface area contributed by atoms with E-state index in [9.17, 15) is 13.2 Å². The molecular weight excluding hydrogens is 349 g/mol. The fourth-order valence-corrected chi connectivity index (χ4v) is 2.39. The van der Waals surface area contributed by atoms with Crippen LogP contribution in [0.3, 0.4) is 0 Å². The van der Waals surface area contributed by atoms with Crippen LogP contribution in [0.15, 0.2) is 28.9 Å².